The van der Waals surface area contributed by atoms with Gasteiger partial charge in [-0.25, -0.2) is 0 Å². The Bertz CT molecular complexity index is 2300. The third-order valence-electron chi connectivity index (χ3n) is 10.9. The first-order chi connectivity index (χ1) is 39.6. The summed E-state index contributed by atoms with van der Waals surface area (Å²) in [5, 5.41) is 35.9. The molecule has 91 heavy (non-hydrogen) atoms. The molecule has 0 fully saturated rings. The minimum absolute atomic E-state index is 0. The SMILES string of the molecule is C.CC(CC(O)(C(F)(F)F)C(F)(F)F)=NCCN=C(C)CC(O)(C(F)(F)F)C(F)(F)F.CC(CC(O)(C(F)(F)F)C(F)(F)F)=NCCN=C(C)CC(O)(C(F)(F)F)C(F)(F)F.[CH2-]c1ccccc1.[CH2-]c1ccccc1.[CH2-]c1ccccc1.[CH2-]c1ccccc1.[Zr+2].[Zr+2]. The summed E-state index contributed by atoms with van der Waals surface area (Å²) in [7, 11) is 0. The second-order valence-corrected chi connectivity index (χ2v) is 18.5. The quantitative estimate of drug-likeness (QED) is 0.0433. The van der Waals surface area contributed by atoms with E-state index in [4.69, 9.17) is 20.4 Å². The van der Waals surface area contributed by atoms with Crippen molar-refractivity contribution in [1.82, 2.24) is 0 Å². The number of nitrogens with zero attached hydrogens (tertiary/aromatic N) is 4. The zero-order valence-electron chi connectivity index (χ0n) is 47.7. The molecule has 0 unspecified atom stereocenters. The Labute approximate surface area is 548 Å². The number of rotatable bonds is 14. The smallest absolute Gasteiger partial charge is 0.373 e. The number of hydrogen-bond donors (Lipinski definition) is 4. The maximum Gasteiger partial charge on any atom is 2.00 e. The van der Waals surface area contributed by atoms with Crippen LogP contribution in [0.3, 0.4) is 0 Å². The standard InChI is InChI=1S/2C14H16F12N2O2.4C7H7.CH4.2Zr/c2*1-7(5-9(29,11(15,16)17)12(18,19)20)27-3-4-28-8(2)6-10(30,13(21,22)23)14(24,25)26;4*1-7-5-3-2-4-6-7;;;/h2*29-30H,3-6H2,1-2H3;4*2-6H,1H2;1H4;;/q;;4*-1;;2*+2. The van der Waals surface area contributed by atoms with Crippen molar-refractivity contribution in [3.8, 4) is 0 Å². The number of aliphatic hydroxyl groups is 4. The van der Waals surface area contributed by atoms with E-state index < -0.39 is 147 Å². The average Bonchev–Trinajstić information content (AvgIpc) is 0.917. The summed E-state index contributed by atoms with van der Waals surface area (Å²) in [6.45, 7) is 14.9. The predicted octanol–water partition coefficient (Wildman–Crippen LogP) is 16.9. The van der Waals surface area contributed by atoms with Crippen molar-refractivity contribution in [1.29, 1.82) is 0 Å². The van der Waals surface area contributed by atoms with Crippen LogP contribution in [0.25, 0.3) is 0 Å². The molecule has 0 atom stereocenters. The van der Waals surface area contributed by atoms with Gasteiger partial charge in [-0.05, 0) is 27.7 Å². The van der Waals surface area contributed by atoms with Crippen LogP contribution in [0.5, 0.6) is 0 Å². The van der Waals surface area contributed by atoms with E-state index in [1.807, 2.05) is 121 Å². The summed E-state index contributed by atoms with van der Waals surface area (Å²) < 4.78 is 301. The van der Waals surface area contributed by atoms with Gasteiger partial charge in [0, 0.05) is 48.5 Å². The van der Waals surface area contributed by atoms with Crippen LogP contribution in [0.15, 0.2) is 141 Å². The second kappa shape index (κ2) is 39.6. The van der Waals surface area contributed by atoms with Gasteiger partial charge in [-0.2, -0.15) is 204 Å². The van der Waals surface area contributed by atoms with Gasteiger partial charge in [0.15, 0.2) is 0 Å². The average molecular weight is 1510 g/mol. The van der Waals surface area contributed by atoms with Crippen LogP contribution < -0.4 is 0 Å². The van der Waals surface area contributed by atoms with Gasteiger partial charge in [-0.3, -0.25) is 20.0 Å². The third kappa shape index (κ3) is 33.1. The summed E-state index contributed by atoms with van der Waals surface area (Å²) in [6.07, 6.45) is -56.7. The Morgan fingerprint density at radius 2 is 0.385 bits per heavy atom. The maximum atomic E-state index is 12.6. The molecule has 0 aliphatic heterocycles. The predicted molar refractivity (Wildman–Crippen MR) is 289 cm³/mol. The van der Waals surface area contributed by atoms with Crippen LogP contribution >= 0.6 is 0 Å². The van der Waals surface area contributed by atoms with Gasteiger partial charge in [0.1, 0.15) is 0 Å². The fourth-order valence-electron chi connectivity index (χ4n) is 6.02. The zero-order chi connectivity index (χ0) is 69.2. The Morgan fingerprint density at radius 1 is 0.275 bits per heavy atom. The minimum atomic E-state index is -6.09. The molecular weight excluding hydrogens is 1440 g/mol. The van der Waals surface area contributed by atoms with E-state index in [0.29, 0.717) is 27.7 Å². The number of hydrogen-bond acceptors (Lipinski definition) is 8. The van der Waals surface area contributed by atoms with Crippen LogP contribution in [-0.2, 0) is 52.4 Å². The Morgan fingerprint density at radius 3 is 0.462 bits per heavy atom. The third-order valence-corrected chi connectivity index (χ3v) is 10.9. The van der Waals surface area contributed by atoms with Gasteiger partial charge in [-0.1, -0.05) is 31.7 Å². The molecule has 4 N–H and O–H groups in total. The molecule has 0 spiro atoms. The Hall–Kier alpha value is -5.03. The molecule has 0 radical (unpaired) electrons. The van der Waals surface area contributed by atoms with Crippen molar-refractivity contribution in [3.63, 3.8) is 0 Å². The summed E-state index contributed by atoms with van der Waals surface area (Å²) in [6, 6.07) is 39.5. The first-order valence-electron chi connectivity index (χ1n) is 24.5. The number of alkyl halides is 24. The van der Waals surface area contributed by atoms with Gasteiger partial charge >= 0.3 is 102 Å². The van der Waals surface area contributed by atoms with Crippen molar-refractivity contribution in [2.75, 3.05) is 26.2 Å². The summed E-state index contributed by atoms with van der Waals surface area (Å²) in [5.74, 6) is 0. The molecule has 34 heteroatoms. The van der Waals surface area contributed by atoms with Gasteiger partial charge in [0.2, 0.25) is 0 Å². The van der Waals surface area contributed by atoms with Gasteiger partial charge in [0.05, 0.1) is 26.2 Å². The molecule has 0 amide bonds. The van der Waals surface area contributed by atoms with Crippen molar-refractivity contribution >= 4 is 22.8 Å². The first kappa shape index (κ1) is 94.7. The minimum Gasteiger partial charge on any atom is -0.373 e. The Kier molecular flexibility index (Phi) is 41.2. The molecular formula is C57H64F24N4O4Zr2. The van der Waals surface area contributed by atoms with Crippen LogP contribution in [0.2, 0.25) is 0 Å². The van der Waals surface area contributed by atoms with E-state index in [1.54, 1.807) is 0 Å². The van der Waals surface area contributed by atoms with E-state index in [2.05, 4.69) is 47.7 Å². The summed E-state index contributed by atoms with van der Waals surface area (Å²) in [5.41, 5.74) is -19.5. The van der Waals surface area contributed by atoms with Crippen LogP contribution in [0, 0.1) is 27.7 Å². The zero-order valence-corrected chi connectivity index (χ0v) is 52.6. The second-order valence-electron chi connectivity index (χ2n) is 18.5. The fourth-order valence-corrected chi connectivity index (χ4v) is 6.02. The van der Waals surface area contributed by atoms with E-state index >= 15 is 0 Å². The fraction of sp³-hybridized carbons (Fsp3) is 0.439. The van der Waals surface area contributed by atoms with Crippen molar-refractivity contribution in [2.24, 2.45) is 20.0 Å². The van der Waals surface area contributed by atoms with Crippen molar-refractivity contribution in [2.45, 2.75) is 133 Å². The molecule has 0 aliphatic carbocycles. The van der Waals surface area contributed by atoms with E-state index in [-0.39, 0.29) is 59.8 Å². The normalized spacial score (nSPS) is 13.4. The number of halogens is 24. The topological polar surface area (TPSA) is 130 Å². The molecule has 0 saturated carbocycles. The molecule has 4 rings (SSSR count). The molecule has 512 valence electrons. The Balaban J connectivity index is -0.000000368. The molecule has 4 aromatic rings. The van der Waals surface area contributed by atoms with E-state index in [9.17, 15) is 105 Å². The van der Waals surface area contributed by atoms with Crippen molar-refractivity contribution in [3.05, 3.63) is 171 Å². The largest absolute Gasteiger partial charge is 2.00 e. The monoisotopic (exact) mass is 1500 g/mol. The summed E-state index contributed by atoms with van der Waals surface area (Å²) in [4.78, 5) is 13.0. The molecule has 0 aromatic heterocycles. The van der Waals surface area contributed by atoms with Crippen LogP contribution in [-0.4, -0.2) is 141 Å². The maximum absolute atomic E-state index is 12.6. The number of benzene rings is 4. The van der Waals surface area contributed by atoms with Crippen LogP contribution in [0.4, 0.5) is 105 Å². The molecule has 0 bridgehead atoms. The molecule has 0 aliphatic rings. The van der Waals surface area contributed by atoms with Crippen LogP contribution in [0.1, 0.15) is 83.1 Å². The molecule has 4 aromatic carbocycles. The van der Waals surface area contributed by atoms with Gasteiger partial charge in [0.25, 0.3) is 22.4 Å². The number of aliphatic imine (C=N–C) groups is 4. The van der Waals surface area contributed by atoms with Crippen molar-refractivity contribution < 1.29 is 178 Å². The van der Waals surface area contributed by atoms with Gasteiger partial charge in [-0.15, -0.1) is 48.5 Å². The molecule has 0 heterocycles. The van der Waals surface area contributed by atoms with Gasteiger partial charge < -0.3 is 20.4 Å². The van der Waals surface area contributed by atoms with E-state index in [1.165, 1.54) is 0 Å². The van der Waals surface area contributed by atoms with E-state index in [0.717, 1.165) is 22.3 Å². The first-order valence-corrected chi connectivity index (χ1v) is 24.5. The molecule has 8 nitrogen and oxygen atoms in total. The molecule has 0 saturated heterocycles. The summed E-state index contributed by atoms with van der Waals surface area (Å²) >= 11 is 0.